The summed E-state index contributed by atoms with van der Waals surface area (Å²) in [5, 5.41) is 11.7. The first kappa shape index (κ1) is 18.5. The van der Waals surface area contributed by atoms with E-state index in [-0.39, 0.29) is 18.1 Å². The van der Waals surface area contributed by atoms with Crippen molar-refractivity contribution in [1.82, 2.24) is 10.2 Å². The zero-order valence-electron chi connectivity index (χ0n) is 14.5. The van der Waals surface area contributed by atoms with Gasteiger partial charge in [-0.2, -0.15) is 0 Å². The zero-order chi connectivity index (χ0) is 18.5. The third kappa shape index (κ3) is 4.89. The first-order valence-electron chi connectivity index (χ1n) is 8.06. The molecule has 0 atom stereocenters. The fourth-order valence-electron chi connectivity index (χ4n) is 2.19. The summed E-state index contributed by atoms with van der Waals surface area (Å²) in [6.07, 6.45) is 0. The van der Waals surface area contributed by atoms with E-state index >= 15 is 0 Å². The number of carbonyl (C=O) groups is 1. The predicted octanol–water partition coefficient (Wildman–Crippen LogP) is 4.88. The number of halogens is 1. The first-order valence-corrected chi connectivity index (χ1v) is 9.86. The summed E-state index contributed by atoms with van der Waals surface area (Å²) in [4.78, 5) is 12.1. The van der Waals surface area contributed by atoms with Crippen LogP contribution in [0.3, 0.4) is 0 Å². The topological polar surface area (TPSA) is 54.9 Å². The van der Waals surface area contributed by atoms with Gasteiger partial charge >= 0.3 is 0 Å². The highest BCUT2D eigenvalue weighted by Gasteiger charge is 2.10. The molecule has 0 fully saturated rings. The number of nitrogens with one attached hydrogen (secondary N) is 1. The minimum Gasteiger partial charge on any atom is -0.353 e. The molecule has 0 bridgehead atoms. The SMILES string of the molecule is Cc1ccc(CSc2nnc(NCC(=O)c3ccc(C)c(F)c3)s2)cc1. The zero-order valence-corrected chi connectivity index (χ0v) is 16.1. The van der Waals surface area contributed by atoms with Gasteiger partial charge < -0.3 is 5.32 Å². The lowest BCUT2D eigenvalue weighted by Gasteiger charge is -2.03. The molecule has 3 rings (SSSR count). The van der Waals surface area contributed by atoms with E-state index in [4.69, 9.17) is 0 Å². The van der Waals surface area contributed by atoms with Crippen molar-refractivity contribution < 1.29 is 9.18 Å². The predicted molar refractivity (Wildman–Crippen MR) is 105 cm³/mol. The summed E-state index contributed by atoms with van der Waals surface area (Å²) in [5.74, 6) is 0.255. The van der Waals surface area contributed by atoms with Gasteiger partial charge in [0.1, 0.15) is 5.82 Å². The standard InChI is InChI=1S/C19H18FN3OS2/c1-12-3-6-14(7-4-12)11-25-19-23-22-18(26-19)21-10-17(24)15-8-5-13(2)16(20)9-15/h3-9H,10-11H2,1-2H3,(H,21,22). The molecular weight excluding hydrogens is 369 g/mol. The monoisotopic (exact) mass is 387 g/mol. The Bertz CT molecular complexity index is 909. The highest BCUT2D eigenvalue weighted by molar-refractivity contribution is 8.00. The van der Waals surface area contributed by atoms with Crippen LogP contribution in [0.5, 0.6) is 0 Å². The van der Waals surface area contributed by atoms with Crippen molar-refractivity contribution in [3.05, 3.63) is 70.5 Å². The van der Waals surface area contributed by atoms with Crippen molar-refractivity contribution in [3.8, 4) is 0 Å². The Morgan fingerprint density at radius 3 is 2.65 bits per heavy atom. The van der Waals surface area contributed by atoms with Crippen molar-refractivity contribution in [1.29, 1.82) is 0 Å². The Hall–Kier alpha value is -2.25. The second kappa shape index (κ2) is 8.42. The Morgan fingerprint density at radius 1 is 1.15 bits per heavy atom. The molecule has 0 saturated heterocycles. The molecule has 0 unspecified atom stereocenters. The quantitative estimate of drug-likeness (QED) is 0.462. The first-order chi connectivity index (χ1) is 12.5. The fourth-order valence-corrected chi connectivity index (χ4v) is 3.90. The maximum absolute atomic E-state index is 13.6. The van der Waals surface area contributed by atoms with Crippen molar-refractivity contribution >= 4 is 34.0 Å². The van der Waals surface area contributed by atoms with Gasteiger partial charge in [-0.25, -0.2) is 4.39 Å². The Morgan fingerprint density at radius 2 is 1.92 bits per heavy atom. The third-order valence-electron chi connectivity index (χ3n) is 3.78. The molecule has 3 aromatic rings. The second-order valence-corrected chi connectivity index (χ2v) is 8.09. The van der Waals surface area contributed by atoms with E-state index in [9.17, 15) is 9.18 Å². The van der Waals surface area contributed by atoms with Crippen LogP contribution in [0.1, 0.15) is 27.0 Å². The largest absolute Gasteiger partial charge is 0.353 e. The molecule has 0 saturated carbocycles. The maximum atomic E-state index is 13.6. The van der Waals surface area contributed by atoms with Crippen LogP contribution < -0.4 is 5.32 Å². The minimum absolute atomic E-state index is 0.0553. The van der Waals surface area contributed by atoms with E-state index in [0.29, 0.717) is 16.3 Å². The summed E-state index contributed by atoms with van der Waals surface area (Å²) in [6, 6.07) is 12.9. The number of aryl methyl sites for hydroxylation is 2. The molecule has 0 aliphatic carbocycles. The van der Waals surface area contributed by atoms with Crippen molar-refractivity contribution in [2.45, 2.75) is 23.9 Å². The van der Waals surface area contributed by atoms with Crippen molar-refractivity contribution in [2.75, 3.05) is 11.9 Å². The Balaban J connectivity index is 1.52. The molecule has 0 radical (unpaired) electrons. The molecule has 0 aliphatic rings. The van der Waals surface area contributed by atoms with Crippen LogP contribution in [0.25, 0.3) is 0 Å². The van der Waals surface area contributed by atoms with Crippen LogP contribution in [0.2, 0.25) is 0 Å². The summed E-state index contributed by atoms with van der Waals surface area (Å²) >= 11 is 3.01. The molecule has 1 heterocycles. The van der Waals surface area contributed by atoms with Crippen molar-refractivity contribution in [2.24, 2.45) is 0 Å². The fraction of sp³-hybridized carbons (Fsp3) is 0.211. The number of Topliss-reactive ketones (excluding diaryl/α,β-unsaturated/α-hetero) is 1. The number of carbonyl (C=O) groups excluding carboxylic acids is 1. The van der Waals surface area contributed by atoms with Gasteiger partial charge in [0.2, 0.25) is 5.13 Å². The highest BCUT2D eigenvalue weighted by atomic mass is 32.2. The van der Waals surface area contributed by atoms with Crippen LogP contribution in [-0.2, 0) is 5.75 Å². The van der Waals surface area contributed by atoms with Gasteiger partial charge in [-0.05, 0) is 31.0 Å². The number of hydrogen-bond donors (Lipinski definition) is 1. The third-order valence-corrected chi connectivity index (χ3v) is 5.87. The molecule has 0 aliphatic heterocycles. The summed E-state index contributed by atoms with van der Waals surface area (Å²) in [6.45, 7) is 3.78. The van der Waals surface area contributed by atoms with E-state index in [1.807, 2.05) is 0 Å². The lowest BCUT2D eigenvalue weighted by molar-refractivity contribution is 0.101. The molecule has 0 amide bonds. The number of anilines is 1. The van der Waals surface area contributed by atoms with Gasteiger partial charge in [-0.1, -0.05) is 65.1 Å². The number of thioether (sulfide) groups is 1. The number of rotatable bonds is 7. The molecule has 0 spiro atoms. The minimum atomic E-state index is -0.374. The van der Waals surface area contributed by atoms with E-state index in [0.717, 1.165) is 10.1 Å². The smallest absolute Gasteiger partial charge is 0.206 e. The van der Waals surface area contributed by atoms with E-state index in [1.165, 1.54) is 28.5 Å². The lowest BCUT2D eigenvalue weighted by Crippen LogP contribution is -2.14. The average Bonchev–Trinajstić information content (AvgIpc) is 3.09. The summed E-state index contributed by atoms with van der Waals surface area (Å²) in [7, 11) is 0. The van der Waals surface area contributed by atoms with E-state index in [2.05, 4.69) is 46.7 Å². The Kier molecular flexibility index (Phi) is 6.00. The normalized spacial score (nSPS) is 10.7. The van der Waals surface area contributed by atoms with Gasteiger partial charge in [0.25, 0.3) is 0 Å². The molecular formula is C19H18FN3OS2. The lowest BCUT2D eigenvalue weighted by atomic mass is 10.1. The molecule has 2 aromatic carbocycles. The number of nitrogens with zero attached hydrogens (tertiary/aromatic N) is 2. The van der Waals surface area contributed by atoms with Gasteiger partial charge in [-0.3, -0.25) is 4.79 Å². The molecule has 1 N–H and O–H groups in total. The molecule has 134 valence electrons. The molecule has 1 aromatic heterocycles. The van der Waals surface area contributed by atoms with Crippen LogP contribution in [0.15, 0.2) is 46.8 Å². The number of hydrogen-bond acceptors (Lipinski definition) is 6. The van der Waals surface area contributed by atoms with Gasteiger partial charge in [0, 0.05) is 11.3 Å². The molecule has 4 nitrogen and oxygen atoms in total. The second-order valence-electron chi connectivity index (χ2n) is 5.89. The Labute approximate surface area is 159 Å². The number of ketones is 1. The van der Waals surface area contributed by atoms with Gasteiger partial charge in [0.15, 0.2) is 10.1 Å². The molecule has 26 heavy (non-hydrogen) atoms. The average molecular weight is 388 g/mol. The van der Waals surface area contributed by atoms with Gasteiger partial charge in [-0.15, -0.1) is 10.2 Å². The highest BCUT2D eigenvalue weighted by Crippen LogP contribution is 2.28. The van der Waals surface area contributed by atoms with E-state index in [1.54, 1.807) is 30.8 Å². The van der Waals surface area contributed by atoms with Crippen LogP contribution in [0, 0.1) is 19.7 Å². The van der Waals surface area contributed by atoms with Gasteiger partial charge in [0.05, 0.1) is 6.54 Å². The number of benzene rings is 2. The number of aromatic nitrogens is 2. The van der Waals surface area contributed by atoms with Crippen LogP contribution >= 0.6 is 23.1 Å². The summed E-state index contributed by atoms with van der Waals surface area (Å²) in [5.41, 5.74) is 3.33. The van der Waals surface area contributed by atoms with Crippen molar-refractivity contribution in [3.63, 3.8) is 0 Å². The van der Waals surface area contributed by atoms with E-state index < -0.39 is 0 Å². The van der Waals surface area contributed by atoms with Crippen LogP contribution in [0.4, 0.5) is 9.52 Å². The maximum Gasteiger partial charge on any atom is 0.206 e. The van der Waals surface area contributed by atoms with Crippen LogP contribution in [-0.4, -0.2) is 22.5 Å². The molecule has 7 heteroatoms. The summed E-state index contributed by atoms with van der Waals surface area (Å²) < 4.78 is 14.4.